The fourth-order valence-corrected chi connectivity index (χ4v) is 14.2. The molecule has 5 fully saturated rings. The Bertz CT molecular complexity index is 1310. The summed E-state index contributed by atoms with van der Waals surface area (Å²) in [6.07, 6.45) is 6.53. The number of fused-ring (bicyclic) bond motifs is 5. The van der Waals surface area contributed by atoms with Gasteiger partial charge in [0.25, 0.3) is 0 Å². The van der Waals surface area contributed by atoms with Gasteiger partial charge < -0.3 is 10.2 Å². The maximum absolute atomic E-state index is 14.4. The van der Waals surface area contributed by atoms with Crippen molar-refractivity contribution in [1.82, 2.24) is 0 Å². The molecule has 4 nitrogen and oxygen atoms in total. The molecule has 1 aromatic rings. The minimum Gasteiger partial charge on any atom is -0.390 e. The van der Waals surface area contributed by atoms with Gasteiger partial charge in [-0.15, -0.1) is 0 Å². The molecule has 0 bridgehead atoms. The highest BCUT2D eigenvalue weighted by molar-refractivity contribution is 7.92. The van der Waals surface area contributed by atoms with Gasteiger partial charge in [-0.2, -0.15) is 13.2 Å². The fourth-order valence-electron chi connectivity index (χ4n) is 12.0. The molecule has 8 heteroatoms. The Morgan fingerprint density at radius 1 is 0.822 bits per heavy atom. The largest absolute Gasteiger partial charge is 0.417 e. The zero-order valence-electron chi connectivity index (χ0n) is 27.5. The molecule has 0 aliphatic heterocycles. The number of aliphatic hydroxyl groups is 2. The summed E-state index contributed by atoms with van der Waals surface area (Å²) in [5, 5.41) is 21.8. The van der Waals surface area contributed by atoms with Crippen molar-refractivity contribution >= 4 is 9.84 Å². The van der Waals surface area contributed by atoms with E-state index in [1.807, 2.05) is 6.07 Å². The molecule has 0 saturated heterocycles. The first-order valence-electron chi connectivity index (χ1n) is 17.8. The third-order valence-electron chi connectivity index (χ3n) is 14.6. The molecular formula is C37H55F3O4S. The van der Waals surface area contributed by atoms with Gasteiger partial charge in [0, 0.05) is 0 Å². The van der Waals surface area contributed by atoms with Gasteiger partial charge in [0.2, 0.25) is 0 Å². The van der Waals surface area contributed by atoms with Gasteiger partial charge in [0.15, 0.2) is 15.4 Å². The molecule has 254 valence electrons. The van der Waals surface area contributed by atoms with Crippen LogP contribution in [0.5, 0.6) is 0 Å². The standard InChI is InChI=1S/C37H55F3O4S/c1-25(32(24-35(41)18-9-4-5-10-19-35)45(43,44)27-11-7-6-8-12-27)29-15-16-30-28-14-13-26-23-36(42,37(38,39)40)22-21-33(26,2)31(28)17-20-34(29,30)3/h6-8,11-12,25-26,28-32,41-42H,4-5,9-10,13-24H2,1-3H3/t25-,26-,28-,29+,30-,31-,32?,33-,34+,36-/m0/s1. The van der Waals surface area contributed by atoms with E-state index >= 15 is 0 Å². The Morgan fingerprint density at radius 2 is 1.47 bits per heavy atom. The third-order valence-corrected chi connectivity index (χ3v) is 17.0. The lowest BCUT2D eigenvalue weighted by Gasteiger charge is -2.62. The number of halogens is 3. The van der Waals surface area contributed by atoms with Gasteiger partial charge in [-0.25, -0.2) is 8.42 Å². The van der Waals surface area contributed by atoms with E-state index in [4.69, 9.17) is 0 Å². The summed E-state index contributed by atoms with van der Waals surface area (Å²) >= 11 is 0. The molecule has 5 aliphatic rings. The Kier molecular flexibility index (Phi) is 8.84. The first-order chi connectivity index (χ1) is 21.0. The normalized spacial score (nSPS) is 41.6. The molecule has 2 N–H and O–H groups in total. The molecule has 1 unspecified atom stereocenters. The van der Waals surface area contributed by atoms with Crippen LogP contribution in [0.1, 0.15) is 124 Å². The molecular weight excluding hydrogens is 597 g/mol. The van der Waals surface area contributed by atoms with E-state index in [0.717, 1.165) is 64.2 Å². The van der Waals surface area contributed by atoms with E-state index in [0.29, 0.717) is 41.9 Å². The predicted octanol–water partition coefficient (Wildman–Crippen LogP) is 8.89. The summed E-state index contributed by atoms with van der Waals surface area (Å²) in [6.45, 7) is 6.72. The quantitative estimate of drug-likeness (QED) is 0.301. The van der Waals surface area contributed by atoms with Crippen molar-refractivity contribution in [3.63, 3.8) is 0 Å². The van der Waals surface area contributed by atoms with Crippen molar-refractivity contribution in [3.05, 3.63) is 30.3 Å². The van der Waals surface area contributed by atoms with Gasteiger partial charge in [0.1, 0.15) is 0 Å². The SMILES string of the molecule is C[C@H](C(CC1(O)CCCCCC1)S(=O)(=O)c1ccccc1)[C@H]1CC[C@H]2[C@@H]3CC[C@H]4C[C@](O)(C(F)(F)F)CC[C@]4(C)[C@H]3CC[C@]12C. The Balaban J connectivity index is 1.27. The number of alkyl halides is 3. The summed E-state index contributed by atoms with van der Waals surface area (Å²) < 4.78 is 70.4. The molecule has 5 aliphatic carbocycles. The van der Waals surface area contributed by atoms with Gasteiger partial charge >= 0.3 is 6.18 Å². The predicted molar refractivity (Wildman–Crippen MR) is 170 cm³/mol. The number of hydrogen-bond donors (Lipinski definition) is 2. The van der Waals surface area contributed by atoms with E-state index in [-0.39, 0.29) is 47.8 Å². The van der Waals surface area contributed by atoms with Gasteiger partial charge in [-0.05, 0) is 136 Å². The zero-order chi connectivity index (χ0) is 32.5. The molecule has 0 amide bonds. The molecule has 1 aromatic carbocycles. The number of rotatable bonds is 6. The number of hydrogen-bond acceptors (Lipinski definition) is 4. The zero-order valence-corrected chi connectivity index (χ0v) is 28.3. The smallest absolute Gasteiger partial charge is 0.390 e. The van der Waals surface area contributed by atoms with Crippen LogP contribution in [0.15, 0.2) is 35.2 Å². The van der Waals surface area contributed by atoms with Crippen LogP contribution >= 0.6 is 0 Å². The molecule has 0 aromatic heterocycles. The average Bonchev–Trinajstić information content (AvgIpc) is 3.20. The second kappa shape index (κ2) is 11.8. The van der Waals surface area contributed by atoms with Crippen molar-refractivity contribution in [2.45, 2.75) is 151 Å². The Labute approximate surface area is 268 Å². The van der Waals surface area contributed by atoms with Crippen molar-refractivity contribution in [2.75, 3.05) is 0 Å². The van der Waals surface area contributed by atoms with E-state index in [1.54, 1.807) is 24.3 Å². The minimum atomic E-state index is -4.59. The van der Waals surface area contributed by atoms with Crippen LogP contribution in [-0.2, 0) is 9.84 Å². The maximum Gasteiger partial charge on any atom is 0.417 e. The highest BCUT2D eigenvalue weighted by Gasteiger charge is 2.65. The lowest BCUT2D eigenvalue weighted by Crippen LogP contribution is -2.59. The van der Waals surface area contributed by atoms with Crippen LogP contribution in [0.25, 0.3) is 0 Å². The highest BCUT2D eigenvalue weighted by Crippen LogP contribution is 2.69. The lowest BCUT2D eigenvalue weighted by atomic mass is 9.43. The van der Waals surface area contributed by atoms with Crippen LogP contribution in [0, 0.1) is 46.3 Å². The van der Waals surface area contributed by atoms with Crippen LogP contribution in [0.4, 0.5) is 13.2 Å². The van der Waals surface area contributed by atoms with Gasteiger partial charge in [-0.3, -0.25) is 0 Å². The van der Waals surface area contributed by atoms with E-state index in [1.165, 1.54) is 0 Å². The summed E-state index contributed by atoms with van der Waals surface area (Å²) in [7, 11) is -3.70. The molecule has 0 radical (unpaired) electrons. The molecule has 10 atom stereocenters. The second-order valence-corrected chi connectivity index (χ2v) is 18.9. The highest BCUT2D eigenvalue weighted by atomic mass is 32.2. The third kappa shape index (κ3) is 5.72. The second-order valence-electron chi connectivity index (χ2n) is 16.7. The molecule has 5 saturated carbocycles. The van der Waals surface area contributed by atoms with E-state index < -0.39 is 32.5 Å². The molecule has 0 spiro atoms. The first-order valence-corrected chi connectivity index (χ1v) is 19.4. The minimum absolute atomic E-state index is 0.0400. The van der Waals surface area contributed by atoms with Crippen molar-refractivity contribution in [1.29, 1.82) is 0 Å². The van der Waals surface area contributed by atoms with Crippen LogP contribution < -0.4 is 0 Å². The van der Waals surface area contributed by atoms with E-state index in [2.05, 4.69) is 20.8 Å². The average molecular weight is 653 g/mol. The first kappa shape index (κ1) is 33.8. The topological polar surface area (TPSA) is 74.6 Å². The number of benzene rings is 1. The summed E-state index contributed by atoms with van der Waals surface area (Å²) in [4.78, 5) is 0.338. The number of sulfone groups is 1. The Morgan fingerprint density at radius 3 is 2.11 bits per heavy atom. The summed E-state index contributed by atoms with van der Waals surface area (Å²) in [5.74, 6) is 1.14. The maximum atomic E-state index is 14.4. The molecule has 6 rings (SSSR count). The van der Waals surface area contributed by atoms with Crippen LogP contribution in [0.2, 0.25) is 0 Å². The molecule has 45 heavy (non-hydrogen) atoms. The summed E-state index contributed by atoms with van der Waals surface area (Å²) in [6, 6.07) is 8.78. The van der Waals surface area contributed by atoms with Crippen molar-refractivity contribution < 1.29 is 31.8 Å². The van der Waals surface area contributed by atoms with Crippen molar-refractivity contribution in [2.24, 2.45) is 46.3 Å². The lowest BCUT2D eigenvalue weighted by molar-refractivity contribution is -0.290. The monoisotopic (exact) mass is 652 g/mol. The van der Waals surface area contributed by atoms with Crippen molar-refractivity contribution in [3.8, 4) is 0 Å². The van der Waals surface area contributed by atoms with Crippen LogP contribution in [0.3, 0.4) is 0 Å². The van der Waals surface area contributed by atoms with Gasteiger partial charge in [-0.1, -0.05) is 64.7 Å². The van der Waals surface area contributed by atoms with Crippen LogP contribution in [-0.4, -0.2) is 41.3 Å². The summed E-state index contributed by atoms with van der Waals surface area (Å²) in [5.41, 5.74) is -3.78. The van der Waals surface area contributed by atoms with E-state index in [9.17, 15) is 31.8 Å². The Hall–Kier alpha value is -1.12. The fraction of sp³-hybridized carbons (Fsp3) is 0.838. The van der Waals surface area contributed by atoms with Gasteiger partial charge in [0.05, 0.1) is 15.7 Å². The molecule has 0 heterocycles.